The highest BCUT2D eigenvalue weighted by Gasteiger charge is 2.44. The van der Waals surface area contributed by atoms with Gasteiger partial charge in [0.15, 0.2) is 0 Å². The minimum Gasteiger partial charge on any atom is -0.478 e. The van der Waals surface area contributed by atoms with E-state index in [1.165, 1.54) is 0 Å². The minimum absolute atomic E-state index is 0.434. The van der Waals surface area contributed by atoms with E-state index in [0.29, 0.717) is 31.7 Å². The molecule has 1 fully saturated rings. The number of ether oxygens (including phenoxy) is 1. The van der Waals surface area contributed by atoms with Crippen LogP contribution in [-0.4, -0.2) is 49.6 Å². The van der Waals surface area contributed by atoms with Crippen molar-refractivity contribution in [3.05, 3.63) is 41.7 Å². The Labute approximate surface area is 140 Å². The Hall–Kier alpha value is -2.41. The molecule has 0 spiro atoms. The Bertz CT molecular complexity index is 707. The molecule has 0 radical (unpaired) electrons. The Morgan fingerprint density at radius 1 is 1.38 bits per heavy atom. The van der Waals surface area contributed by atoms with Crippen LogP contribution in [0.2, 0.25) is 0 Å². The van der Waals surface area contributed by atoms with Crippen molar-refractivity contribution in [2.24, 2.45) is 0 Å². The summed E-state index contributed by atoms with van der Waals surface area (Å²) in [6.45, 7) is 5.79. The van der Waals surface area contributed by atoms with Crippen LogP contribution in [0.5, 0.6) is 5.75 Å². The number of nitrogens with one attached hydrogen (secondary N) is 1. The molecule has 0 unspecified atom stereocenters. The lowest BCUT2D eigenvalue weighted by molar-refractivity contribution is -0.160. The summed E-state index contributed by atoms with van der Waals surface area (Å²) in [5, 5.41) is 9.76. The van der Waals surface area contributed by atoms with E-state index in [2.05, 4.69) is 19.9 Å². The number of aromatic amines is 1. The number of aromatic nitrogens is 3. The Morgan fingerprint density at radius 3 is 2.71 bits per heavy atom. The van der Waals surface area contributed by atoms with Gasteiger partial charge in [-0.1, -0.05) is 0 Å². The predicted molar refractivity (Wildman–Crippen MR) is 87.8 cm³/mol. The lowest BCUT2D eigenvalue weighted by Crippen LogP contribution is -2.53. The number of H-pyrrole nitrogens is 1. The average Bonchev–Trinajstić information content (AvgIpc) is 3.05. The molecule has 1 aliphatic rings. The largest absolute Gasteiger partial charge is 0.478 e. The van der Waals surface area contributed by atoms with Crippen molar-refractivity contribution in [1.29, 1.82) is 0 Å². The molecule has 24 heavy (non-hydrogen) atoms. The molecule has 2 aromatic heterocycles. The summed E-state index contributed by atoms with van der Waals surface area (Å²) in [4.78, 5) is 25.5. The summed E-state index contributed by atoms with van der Waals surface area (Å²) >= 11 is 0. The topological polar surface area (TPSA) is 91.3 Å². The normalized spacial score (nSPS) is 17.6. The fourth-order valence-corrected chi connectivity index (χ4v) is 3.04. The molecule has 128 valence electrons. The molecule has 0 amide bonds. The van der Waals surface area contributed by atoms with Gasteiger partial charge >= 0.3 is 5.97 Å². The van der Waals surface area contributed by atoms with Gasteiger partial charge in [-0.25, -0.2) is 9.78 Å². The molecule has 2 aromatic rings. The number of likely N-dealkylation sites (tertiary alicyclic amines) is 1. The number of hydrogen-bond donors (Lipinski definition) is 2. The Morgan fingerprint density at radius 2 is 2.12 bits per heavy atom. The van der Waals surface area contributed by atoms with Crippen LogP contribution in [0.3, 0.4) is 0 Å². The van der Waals surface area contributed by atoms with Crippen LogP contribution >= 0.6 is 0 Å². The van der Waals surface area contributed by atoms with Gasteiger partial charge in [-0.3, -0.25) is 9.88 Å². The summed E-state index contributed by atoms with van der Waals surface area (Å²) in [5.74, 6) is -0.367. The third-order valence-electron chi connectivity index (χ3n) is 4.48. The molecule has 0 aromatic carbocycles. The van der Waals surface area contributed by atoms with Gasteiger partial charge in [0.2, 0.25) is 5.60 Å². The standard InChI is InChI=1S/C17H22N4O3/c1-12-3-4-15(13(2)20-12)24-17(16(22)23)5-7-21(8-6-17)10-14-9-18-11-19-14/h3-4,9,11H,5-8,10H2,1-2H3,(H,18,19)(H,22,23). The van der Waals surface area contributed by atoms with Crippen molar-refractivity contribution in [2.75, 3.05) is 13.1 Å². The maximum Gasteiger partial charge on any atom is 0.348 e. The minimum atomic E-state index is -1.19. The molecule has 1 aliphatic heterocycles. The summed E-state index contributed by atoms with van der Waals surface area (Å²) in [7, 11) is 0. The third-order valence-corrected chi connectivity index (χ3v) is 4.48. The summed E-state index contributed by atoms with van der Waals surface area (Å²) in [6.07, 6.45) is 4.31. The first-order chi connectivity index (χ1) is 11.5. The summed E-state index contributed by atoms with van der Waals surface area (Å²) in [5.41, 5.74) is 1.44. The van der Waals surface area contributed by atoms with Crippen molar-refractivity contribution in [1.82, 2.24) is 19.9 Å². The maximum absolute atomic E-state index is 11.9. The van der Waals surface area contributed by atoms with E-state index >= 15 is 0 Å². The second-order valence-electron chi connectivity index (χ2n) is 6.29. The molecule has 0 bridgehead atoms. The van der Waals surface area contributed by atoms with E-state index in [1.807, 2.05) is 19.9 Å². The zero-order chi connectivity index (χ0) is 17.2. The molecule has 0 atom stereocenters. The van der Waals surface area contributed by atoms with Gasteiger partial charge in [0.05, 0.1) is 12.0 Å². The van der Waals surface area contributed by atoms with Gasteiger partial charge in [0.25, 0.3) is 0 Å². The van der Waals surface area contributed by atoms with Crippen LogP contribution in [-0.2, 0) is 11.3 Å². The molecule has 3 rings (SSSR count). The van der Waals surface area contributed by atoms with Gasteiger partial charge in [-0.15, -0.1) is 0 Å². The lowest BCUT2D eigenvalue weighted by Gasteiger charge is -2.38. The van der Waals surface area contributed by atoms with Gasteiger partial charge < -0.3 is 14.8 Å². The monoisotopic (exact) mass is 330 g/mol. The maximum atomic E-state index is 11.9. The first-order valence-corrected chi connectivity index (χ1v) is 8.05. The molecule has 7 heteroatoms. The Balaban J connectivity index is 1.70. The van der Waals surface area contributed by atoms with E-state index in [0.717, 1.165) is 23.6 Å². The van der Waals surface area contributed by atoms with Crippen LogP contribution in [0.15, 0.2) is 24.7 Å². The summed E-state index contributed by atoms with van der Waals surface area (Å²) in [6, 6.07) is 3.64. The number of carboxylic acids is 1. The number of nitrogens with zero attached hydrogens (tertiary/aromatic N) is 3. The van der Waals surface area contributed by atoms with Crippen molar-refractivity contribution in [2.45, 2.75) is 38.8 Å². The van der Waals surface area contributed by atoms with Crippen LogP contribution in [0.25, 0.3) is 0 Å². The van der Waals surface area contributed by atoms with E-state index in [4.69, 9.17) is 4.74 Å². The second-order valence-corrected chi connectivity index (χ2v) is 6.29. The molecule has 2 N–H and O–H groups in total. The number of carboxylic acid groups (broad SMARTS) is 1. The number of aryl methyl sites for hydroxylation is 2. The van der Waals surface area contributed by atoms with E-state index in [1.54, 1.807) is 18.6 Å². The van der Waals surface area contributed by atoms with Crippen LogP contribution < -0.4 is 4.74 Å². The molecular formula is C17H22N4O3. The SMILES string of the molecule is Cc1ccc(OC2(C(=O)O)CCN(Cc3cnc[nH]3)CC2)c(C)n1. The number of carbonyl (C=O) groups is 1. The third kappa shape index (κ3) is 3.41. The molecule has 0 aliphatic carbocycles. The van der Waals surface area contributed by atoms with Crippen molar-refractivity contribution in [3.8, 4) is 5.75 Å². The quantitative estimate of drug-likeness (QED) is 0.870. The van der Waals surface area contributed by atoms with Gasteiger partial charge in [-0.2, -0.15) is 0 Å². The van der Waals surface area contributed by atoms with Crippen molar-refractivity contribution >= 4 is 5.97 Å². The van der Waals surface area contributed by atoms with E-state index in [9.17, 15) is 9.90 Å². The molecule has 3 heterocycles. The number of piperidine rings is 1. The predicted octanol–water partition coefficient (Wildman–Crippen LogP) is 1.92. The zero-order valence-electron chi connectivity index (χ0n) is 14.0. The van der Waals surface area contributed by atoms with E-state index < -0.39 is 11.6 Å². The number of pyridine rings is 1. The summed E-state index contributed by atoms with van der Waals surface area (Å²) < 4.78 is 5.96. The van der Waals surface area contributed by atoms with E-state index in [-0.39, 0.29) is 0 Å². The first-order valence-electron chi connectivity index (χ1n) is 8.05. The smallest absolute Gasteiger partial charge is 0.348 e. The highest BCUT2D eigenvalue weighted by molar-refractivity contribution is 5.78. The molecule has 7 nitrogen and oxygen atoms in total. The number of imidazole rings is 1. The van der Waals surface area contributed by atoms with Crippen LogP contribution in [0.4, 0.5) is 0 Å². The van der Waals surface area contributed by atoms with Crippen LogP contribution in [0.1, 0.15) is 29.9 Å². The van der Waals surface area contributed by atoms with Gasteiger partial charge in [-0.05, 0) is 26.0 Å². The van der Waals surface area contributed by atoms with Crippen LogP contribution in [0, 0.1) is 13.8 Å². The lowest BCUT2D eigenvalue weighted by atomic mass is 9.91. The highest BCUT2D eigenvalue weighted by Crippen LogP contribution is 2.31. The average molecular weight is 330 g/mol. The van der Waals surface area contributed by atoms with Gasteiger partial charge in [0, 0.05) is 50.1 Å². The second kappa shape index (κ2) is 6.60. The first kappa shape index (κ1) is 16.4. The molecular weight excluding hydrogens is 308 g/mol. The number of rotatable bonds is 5. The fraction of sp³-hybridized carbons (Fsp3) is 0.471. The molecule has 0 saturated carbocycles. The highest BCUT2D eigenvalue weighted by atomic mass is 16.5. The number of hydrogen-bond acceptors (Lipinski definition) is 5. The fourth-order valence-electron chi connectivity index (χ4n) is 3.04. The number of aliphatic carboxylic acids is 1. The Kier molecular flexibility index (Phi) is 4.53. The van der Waals surface area contributed by atoms with Crippen molar-refractivity contribution in [3.63, 3.8) is 0 Å². The zero-order valence-corrected chi connectivity index (χ0v) is 14.0. The van der Waals surface area contributed by atoms with Gasteiger partial charge in [0.1, 0.15) is 5.75 Å². The van der Waals surface area contributed by atoms with Crippen molar-refractivity contribution < 1.29 is 14.6 Å². The molecule has 1 saturated heterocycles.